The molecule has 1 aliphatic rings. The second kappa shape index (κ2) is 9.54. The molecule has 8 heteroatoms. The van der Waals surface area contributed by atoms with Crippen LogP contribution in [0, 0.1) is 0 Å². The first-order valence-corrected chi connectivity index (χ1v) is 14.7. The molecule has 6 aromatic rings. The van der Waals surface area contributed by atoms with Crippen molar-refractivity contribution >= 4 is 64.6 Å². The Morgan fingerprint density at radius 1 is 0.892 bits per heavy atom. The number of aromatic nitrogens is 2. The summed E-state index contributed by atoms with van der Waals surface area (Å²) in [6.07, 6.45) is 1.02. The number of methoxy groups -OCH3 is 1. The first kappa shape index (κ1) is 22.9. The SMILES string of the molecule is COc1ccc2sc(Nc3sc4c(c3-c3nc5ccccc5s3)CCN(Cc3ccccc3)C4)nc2c1. The van der Waals surface area contributed by atoms with Crippen LogP contribution in [0.2, 0.25) is 0 Å². The highest BCUT2D eigenvalue weighted by atomic mass is 32.1. The van der Waals surface area contributed by atoms with Crippen molar-refractivity contribution in [2.24, 2.45) is 0 Å². The van der Waals surface area contributed by atoms with E-state index in [9.17, 15) is 0 Å². The lowest BCUT2D eigenvalue weighted by atomic mass is 10.0. The Morgan fingerprint density at radius 3 is 2.59 bits per heavy atom. The predicted molar refractivity (Wildman–Crippen MR) is 157 cm³/mol. The number of thiazole rings is 2. The molecule has 3 aromatic heterocycles. The van der Waals surface area contributed by atoms with E-state index in [1.54, 1.807) is 29.8 Å². The van der Waals surface area contributed by atoms with Crippen LogP contribution in [0.3, 0.4) is 0 Å². The monoisotopic (exact) mass is 540 g/mol. The van der Waals surface area contributed by atoms with E-state index in [1.807, 2.05) is 23.5 Å². The third-order valence-corrected chi connectivity index (χ3v) is 9.85. The number of nitrogens with zero attached hydrogens (tertiary/aromatic N) is 3. The lowest BCUT2D eigenvalue weighted by Gasteiger charge is -2.27. The van der Waals surface area contributed by atoms with Gasteiger partial charge < -0.3 is 10.1 Å². The average Bonchev–Trinajstić information content (AvgIpc) is 3.62. The summed E-state index contributed by atoms with van der Waals surface area (Å²) < 4.78 is 7.76. The van der Waals surface area contributed by atoms with E-state index in [4.69, 9.17) is 14.7 Å². The summed E-state index contributed by atoms with van der Waals surface area (Å²) in [5.41, 5.74) is 6.04. The number of hydrogen-bond donors (Lipinski definition) is 1. The number of hydrogen-bond acceptors (Lipinski definition) is 8. The van der Waals surface area contributed by atoms with Gasteiger partial charge in [0.15, 0.2) is 5.13 Å². The summed E-state index contributed by atoms with van der Waals surface area (Å²) in [5.74, 6) is 0.824. The number of rotatable bonds is 6. The molecule has 1 N–H and O–H groups in total. The van der Waals surface area contributed by atoms with Gasteiger partial charge in [0.25, 0.3) is 0 Å². The van der Waals surface area contributed by atoms with E-state index in [1.165, 1.54) is 26.3 Å². The summed E-state index contributed by atoms with van der Waals surface area (Å²) in [7, 11) is 1.69. The van der Waals surface area contributed by atoms with Crippen LogP contribution in [0.25, 0.3) is 31.0 Å². The standard InChI is InChI=1S/C29H24N4OS3/c1-34-19-11-12-24-22(15-19)31-29(37-24)32-28-26(27-30-21-9-5-6-10-23(21)35-27)20-13-14-33(17-25(20)36-28)16-18-7-3-2-4-8-18/h2-12,15H,13-14,16-17H2,1H3,(H,31,32). The van der Waals surface area contributed by atoms with Crippen LogP contribution in [-0.4, -0.2) is 28.5 Å². The number of nitrogens with one attached hydrogen (secondary N) is 1. The Hall–Kier alpha value is -3.30. The van der Waals surface area contributed by atoms with Crippen LogP contribution in [0.15, 0.2) is 72.8 Å². The summed E-state index contributed by atoms with van der Waals surface area (Å²) in [6, 6.07) is 25.2. The maximum absolute atomic E-state index is 5.40. The molecule has 5 nitrogen and oxygen atoms in total. The van der Waals surface area contributed by atoms with Gasteiger partial charge in [-0.25, -0.2) is 9.97 Å². The number of thiophene rings is 1. The molecule has 7 rings (SSSR count). The quantitative estimate of drug-likeness (QED) is 0.232. The normalized spacial score (nSPS) is 13.8. The molecule has 0 aliphatic carbocycles. The van der Waals surface area contributed by atoms with Gasteiger partial charge >= 0.3 is 0 Å². The summed E-state index contributed by atoms with van der Waals surface area (Å²) in [5, 5.41) is 6.81. The number of ether oxygens (including phenoxy) is 1. The Bertz CT molecular complexity index is 1690. The highest BCUT2D eigenvalue weighted by molar-refractivity contribution is 7.24. The second-order valence-electron chi connectivity index (χ2n) is 9.12. The fourth-order valence-corrected chi connectivity index (χ4v) is 8.23. The summed E-state index contributed by atoms with van der Waals surface area (Å²) in [6.45, 7) is 2.96. The highest BCUT2D eigenvalue weighted by Gasteiger charge is 2.27. The third kappa shape index (κ3) is 4.40. The molecular weight excluding hydrogens is 517 g/mol. The van der Waals surface area contributed by atoms with Crippen LogP contribution >= 0.6 is 34.0 Å². The van der Waals surface area contributed by atoms with E-state index >= 15 is 0 Å². The minimum atomic E-state index is 0.824. The molecular formula is C29H24N4OS3. The molecule has 184 valence electrons. The summed E-state index contributed by atoms with van der Waals surface area (Å²) in [4.78, 5) is 13.9. The Labute approximate surface area is 227 Å². The first-order valence-electron chi connectivity index (χ1n) is 12.2. The van der Waals surface area contributed by atoms with E-state index < -0.39 is 0 Å². The number of fused-ring (bicyclic) bond motifs is 3. The Kier molecular flexibility index (Phi) is 5.89. The molecule has 0 atom stereocenters. The zero-order valence-electron chi connectivity index (χ0n) is 20.2. The van der Waals surface area contributed by atoms with E-state index in [2.05, 4.69) is 70.9 Å². The molecule has 37 heavy (non-hydrogen) atoms. The highest BCUT2D eigenvalue weighted by Crippen LogP contribution is 2.47. The van der Waals surface area contributed by atoms with Gasteiger partial charge in [-0.15, -0.1) is 22.7 Å². The van der Waals surface area contributed by atoms with Gasteiger partial charge in [0.2, 0.25) is 0 Å². The molecule has 0 radical (unpaired) electrons. The topological polar surface area (TPSA) is 50.3 Å². The van der Waals surface area contributed by atoms with Gasteiger partial charge in [0.05, 0.1) is 27.5 Å². The van der Waals surface area contributed by atoms with Crippen LogP contribution in [0.4, 0.5) is 10.1 Å². The fourth-order valence-electron chi connectivity index (χ4n) is 4.91. The van der Waals surface area contributed by atoms with Crippen LogP contribution in [-0.2, 0) is 19.5 Å². The van der Waals surface area contributed by atoms with Gasteiger partial charge in [-0.1, -0.05) is 53.8 Å². The van der Waals surface area contributed by atoms with Gasteiger partial charge in [-0.3, -0.25) is 4.90 Å². The predicted octanol–water partition coefficient (Wildman–Crippen LogP) is 7.95. The molecule has 0 saturated carbocycles. The van der Waals surface area contributed by atoms with Crippen molar-refractivity contribution in [2.45, 2.75) is 19.5 Å². The van der Waals surface area contributed by atoms with Crippen molar-refractivity contribution in [2.75, 3.05) is 19.0 Å². The first-order chi connectivity index (χ1) is 18.2. The molecule has 0 saturated heterocycles. The number of anilines is 2. The van der Waals surface area contributed by atoms with Crippen LogP contribution < -0.4 is 10.1 Å². The third-order valence-electron chi connectivity index (χ3n) is 6.71. The Morgan fingerprint density at radius 2 is 1.73 bits per heavy atom. The van der Waals surface area contributed by atoms with Crippen molar-refractivity contribution in [3.63, 3.8) is 0 Å². The van der Waals surface area contributed by atoms with Gasteiger partial charge in [0.1, 0.15) is 15.8 Å². The van der Waals surface area contributed by atoms with Crippen molar-refractivity contribution in [3.8, 4) is 16.3 Å². The van der Waals surface area contributed by atoms with Crippen LogP contribution in [0.1, 0.15) is 16.0 Å². The molecule has 0 amide bonds. The van der Waals surface area contributed by atoms with Gasteiger partial charge in [-0.2, -0.15) is 0 Å². The molecule has 4 heterocycles. The van der Waals surface area contributed by atoms with Gasteiger partial charge in [-0.05, 0) is 41.8 Å². The molecule has 0 unspecified atom stereocenters. The van der Waals surface area contributed by atoms with E-state index in [-0.39, 0.29) is 0 Å². The molecule has 0 fully saturated rings. The van der Waals surface area contributed by atoms with Crippen LogP contribution in [0.5, 0.6) is 5.75 Å². The average molecular weight is 541 g/mol. The molecule has 0 bridgehead atoms. The molecule has 1 aliphatic heterocycles. The number of para-hydroxylation sites is 1. The summed E-state index contributed by atoms with van der Waals surface area (Å²) >= 11 is 5.29. The van der Waals surface area contributed by atoms with Crippen molar-refractivity contribution in [3.05, 3.63) is 88.8 Å². The van der Waals surface area contributed by atoms with Gasteiger partial charge in [0, 0.05) is 36.1 Å². The van der Waals surface area contributed by atoms with E-state index in [0.717, 1.165) is 62.7 Å². The van der Waals surface area contributed by atoms with Crippen molar-refractivity contribution < 1.29 is 4.74 Å². The minimum Gasteiger partial charge on any atom is -0.497 e. The maximum atomic E-state index is 5.40. The smallest absolute Gasteiger partial charge is 0.188 e. The lowest BCUT2D eigenvalue weighted by molar-refractivity contribution is 0.249. The van der Waals surface area contributed by atoms with E-state index in [0.29, 0.717) is 0 Å². The largest absolute Gasteiger partial charge is 0.497 e. The second-order valence-corrected chi connectivity index (χ2v) is 12.3. The van der Waals surface area contributed by atoms with Crippen molar-refractivity contribution in [1.29, 1.82) is 0 Å². The zero-order valence-corrected chi connectivity index (χ0v) is 22.7. The lowest BCUT2D eigenvalue weighted by Crippen LogP contribution is -2.29. The molecule has 0 spiro atoms. The minimum absolute atomic E-state index is 0.824. The fraction of sp³-hybridized carbons (Fsp3) is 0.172. The molecule has 3 aromatic carbocycles. The zero-order chi connectivity index (χ0) is 24.8. The number of benzene rings is 3. The van der Waals surface area contributed by atoms with Crippen molar-refractivity contribution in [1.82, 2.24) is 14.9 Å². The Balaban J connectivity index is 1.27. The maximum Gasteiger partial charge on any atom is 0.188 e.